The number of likely N-dealkylation sites (N-methyl/N-ethyl adjacent to an activating group) is 1. The Labute approximate surface area is 205 Å². The first-order valence-electron chi connectivity index (χ1n) is 11.8. The summed E-state index contributed by atoms with van der Waals surface area (Å²) >= 11 is 0. The second-order valence-electron chi connectivity index (χ2n) is 9.81. The van der Waals surface area contributed by atoms with Gasteiger partial charge in [-0.1, -0.05) is 6.07 Å². The summed E-state index contributed by atoms with van der Waals surface area (Å²) in [6.07, 6.45) is 4.41. The molecule has 0 radical (unpaired) electrons. The predicted molar refractivity (Wildman–Crippen MR) is 136 cm³/mol. The molecule has 1 N–H and O–H groups in total. The van der Waals surface area contributed by atoms with Crippen molar-refractivity contribution in [2.75, 3.05) is 43.4 Å². The molecule has 0 saturated carbocycles. The molecule has 0 unspecified atom stereocenters. The van der Waals surface area contributed by atoms with Crippen LogP contribution in [-0.2, 0) is 11.2 Å². The van der Waals surface area contributed by atoms with E-state index in [1.54, 1.807) is 45.6 Å². The molecule has 1 amide bonds. The number of hydrogen-bond acceptors (Lipinski definition) is 7. The topological polar surface area (TPSA) is 87.9 Å². The van der Waals surface area contributed by atoms with Gasteiger partial charge in [0.2, 0.25) is 0 Å². The van der Waals surface area contributed by atoms with E-state index in [0.717, 1.165) is 43.1 Å². The van der Waals surface area contributed by atoms with Crippen LogP contribution in [0.4, 0.5) is 16.3 Å². The first kappa shape index (κ1) is 24.5. The molecule has 2 aromatic heterocycles. The second-order valence-corrected chi connectivity index (χ2v) is 9.81. The minimum Gasteiger partial charge on any atom is -0.472 e. The molecule has 1 saturated heterocycles. The van der Waals surface area contributed by atoms with Gasteiger partial charge < -0.3 is 19.0 Å². The highest BCUT2D eigenvalue weighted by molar-refractivity contribution is 5.99. The molecule has 1 aliphatic rings. The fraction of sp³-hybridized carbons (Fsp3) is 0.370. The van der Waals surface area contributed by atoms with Crippen LogP contribution in [0.15, 0.2) is 59.5 Å². The number of Topliss-reactive ketones (excluding diaryl/α,β-unsaturated/α-hetero) is 1. The third-order valence-electron chi connectivity index (χ3n) is 5.84. The van der Waals surface area contributed by atoms with Gasteiger partial charge >= 0.3 is 6.09 Å². The molecular weight excluding hydrogens is 444 g/mol. The first-order valence-corrected chi connectivity index (χ1v) is 11.8. The van der Waals surface area contributed by atoms with Gasteiger partial charge in [0.25, 0.3) is 0 Å². The Balaban J connectivity index is 1.53. The second kappa shape index (κ2) is 10.3. The summed E-state index contributed by atoms with van der Waals surface area (Å²) in [5.74, 6) is 0.794. The largest absolute Gasteiger partial charge is 0.472 e. The lowest BCUT2D eigenvalue weighted by Crippen LogP contribution is -2.44. The molecule has 1 aliphatic heterocycles. The predicted octanol–water partition coefficient (Wildman–Crippen LogP) is 4.87. The number of amides is 1. The summed E-state index contributed by atoms with van der Waals surface area (Å²) in [7, 11) is 2.11. The molecule has 0 aliphatic carbocycles. The van der Waals surface area contributed by atoms with Crippen LogP contribution < -0.4 is 10.2 Å². The summed E-state index contributed by atoms with van der Waals surface area (Å²) in [6, 6.07) is 11.1. The molecule has 184 valence electrons. The number of pyridine rings is 1. The van der Waals surface area contributed by atoms with E-state index in [-0.39, 0.29) is 12.2 Å². The van der Waals surface area contributed by atoms with Gasteiger partial charge in [-0.15, -0.1) is 0 Å². The smallest absolute Gasteiger partial charge is 0.412 e. The van der Waals surface area contributed by atoms with E-state index in [1.165, 1.54) is 0 Å². The molecule has 1 aromatic carbocycles. The average molecular weight is 477 g/mol. The van der Waals surface area contributed by atoms with Crippen molar-refractivity contribution in [2.24, 2.45) is 0 Å². The molecular formula is C27H32N4O4. The molecule has 3 heterocycles. The number of furan rings is 1. The van der Waals surface area contributed by atoms with Gasteiger partial charge in [-0.05, 0) is 69.3 Å². The lowest BCUT2D eigenvalue weighted by molar-refractivity contribution is 0.0635. The number of hydrogen-bond donors (Lipinski definition) is 1. The molecule has 0 spiro atoms. The highest BCUT2D eigenvalue weighted by atomic mass is 16.6. The van der Waals surface area contributed by atoms with E-state index < -0.39 is 11.7 Å². The fourth-order valence-corrected chi connectivity index (χ4v) is 3.93. The summed E-state index contributed by atoms with van der Waals surface area (Å²) < 4.78 is 10.6. The number of aromatic nitrogens is 1. The van der Waals surface area contributed by atoms with Crippen LogP contribution in [0.2, 0.25) is 0 Å². The van der Waals surface area contributed by atoms with Crippen LogP contribution in [-0.4, -0.2) is 60.6 Å². The molecule has 1 fully saturated rings. The maximum Gasteiger partial charge on any atom is 0.412 e. The Morgan fingerprint density at radius 3 is 2.46 bits per heavy atom. The Morgan fingerprint density at radius 1 is 1.06 bits per heavy atom. The third-order valence-corrected chi connectivity index (χ3v) is 5.84. The van der Waals surface area contributed by atoms with Crippen LogP contribution >= 0.6 is 0 Å². The molecule has 8 nitrogen and oxygen atoms in total. The quantitative estimate of drug-likeness (QED) is 0.508. The molecule has 35 heavy (non-hydrogen) atoms. The Hall–Kier alpha value is -3.65. The van der Waals surface area contributed by atoms with Crippen molar-refractivity contribution >= 4 is 23.4 Å². The van der Waals surface area contributed by atoms with Crippen molar-refractivity contribution < 1.29 is 18.7 Å². The average Bonchev–Trinajstić information content (AvgIpc) is 3.35. The maximum atomic E-state index is 13.2. The Morgan fingerprint density at radius 2 is 1.83 bits per heavy atom. The van der Waals surface area contributed by atoms with Gasteiger partial charge in [-0.2, -0.15) is 0 Å². The van der Waals surface area contributed by atoms with E-state index >= 15 is 0 Å². The first-order chi connectivity index (χ1) is 16.7. The van der Waals surface area contributed by atoms with Gasteiger partial charge in [-0.3, -0.25) is 10.1 Å². The summed E-state index contributed by atoms with van der Waals surface area (Å²) in [5, 5.41) is 2.79. The number of carbonyl (C=O) groups is 2. The zero-order valence-electron chi connectivity index (χ0n) is 20.7. The van der Waals surface area contributed by atoms with Crippen molar-refractivity contribution in [3.8, 4) is 11.1 Å². The maximum absolute atomic E-state index is 13.2. The molecule has 0 bridgehead atoms. The number of carbonyl (C=O) groups excluding carboxylic acids is 2. The zero-order valence-corrected chi connectivity index (χ0v) is 20.7. The minimum atomic E-state index is -0.631. The van der Waals surface area contributed by atoms with Gasteiger partial charge in [-0.25, -0.2) is 9.78 Å². The van der Waals surface area contributed by atoms with Crippen LogP contribution in [0, 0.1) is 0 Å². The van der Waals surface area contributed by atoms with E-state index in [0.29, 0.717) is 16.8 Å². The minimum absolute atomic E-state index is 0.0843. The number of nitrogens with zero attached hydrogens (tertiary/aromatic N) is 3. The number of nitrogens with one attached hydrogen (secondary N) is 1. The number of piperazine rings is 1. The Bertz CT molecular complexity index is 1160. The highest BCUT2D eigenvalue weighted by Gasteiger charge is 2.20. The van der Waals surface area contributed by atoms with Crippen LogP contribution in [0.25, 0.3) is 11.1 Å². The van der Waals surface area contributed by atoms with Gasteiger partial charge in [0.1, 0.15) is 11.4 Å². The molecule has 3 aromatic rings. The van der Waals surface area contributed by atoms with Crippen molar-refractivity contribution in [1.29, 1.82) is 0 Å². The number of ketones is 1. The number of ether oxygens (including phenoxy) is 1. The van der Waals surface area contributed by atoms with Crippen molar-refractivity contribution in [3.05, 3.63) is 66.2 Å². The van der Waals surface area contributed by atoms with E-state index in [9.17, 15) is 9.59 Å². The molecule has 4 rings (SSSR count). The van der Waals surface area contributed by atoms with E-state index in [4.69, 9.17) is 9.15 Å². The van der Waals surface area contributed by atoms with E-state index in [2.05, 4.69) is 27.1 Å². The summed E-state index contributed by atoms with van der Waals surface area (Å²) in [4.78, 5) is 34.7. The van der Waals surface area contributed by atoms with Crippen LogP contribution in [0.1, 0.15) is 36.7 Å². The highest BCUT2D eigenvalue weighted by Crippen LogP contribution is 2.27. The van der Waals surface area contributed by atoms with Crippen molar-refractivity contribution in [2.45, 2.75) is 32.8 Å². The number of rotatable bonds is 6. The third kappa shape index (κ3) is 6.48. The van der Waals surface area contributed by atoms with Gasteiger partial charge in [0.15, 0.2) is 5.78 Å². The molecule has 0 atom stereocenters. The number of benzene rings is 1. The lowest BCUT2D eigenvalue weighted by atomic mass is 9.98. The van der Waals surface area contributed by atoms with Gasteiger partial charge in [0.05, 0.1) is 12.5 Å². The van der Waals surface area contributed by atoms with Crippen LogP contribution in [0.3, 0.4) is 0 Å². The monoisotopic (exact) mass is 476 g/mol. The Kier molecular flexibility index (Phi) is 7.21. The number of anilines is 2. The van der Waals surface area contributed by atoms with Crippen molar-refractivity contribution in [3.63, 3.8) is 0 Å². The lowest BCUT2D eigenvalue weighted by Gasteiger charge is -2.33. The van der Waals surface area contributed by atoms with E-state index in [1.807, 2.05) is 30.3 Å². The fourth-order valence-electron chi connectivity index (χ4n) is 3.93. The normalized spacial score (nSPS) is 14.6. The van der Waals surface area contributed by atoms with Crippen LogP contribution in [0.5, 0.6) is 0 Å². The van der Waals surface area contributed by atoms with Crippen molar-refractivity contribution in [1.82, 2.24) is 9.88 Å². The summed E-state index contributed by atoms with van der Waals surface area (Å²) in [6.45, 7) is 9.22. The van der Waals surface area contributed by atoms with Gasteiger partial charge in [0, 0.05) is 55.6 Å². The summed E-state index contributed by atoms with van der Waals surface area (Å²) in [5.41, 5.74) is 2.89. The molecule has 8 heteroatoms. The SMILES string of the molecule is CN1CCN(c2ccc(C(=O)Cc3cc(-c4ccoc4)ccc3NC(=O)OC(C)(C)C)cn2)CC1. The zero-order chi connectivity index (χ0) is 25.0. The standard InChI is InChI=1S/C27H32N4O4/c1-27(2,3)35-26(33)29-23-7-5-19(21-9-14-34-18-21)15-22(23)16-24(32)20-6-8-25(28-17-20)31-12-10-30(4)11-13-31/h5-9,14-15,17-18H,10-13,16H2,1-4H3,(H,29,33).